The van der Waals surface area contributed by atoms with Crippen LogP contribution in [-0.2, 0) is 16.1 Å². The van der Waals surface area contributed by atoms with Gasteiger partial charge in [-0.2, -0.15) is 0 Å². The van der Waals surface area contributed by atoms with Gasteiger partial charge in [-0.1, -0.05) is 17.7 Å². The second kappa shape index (κ2) is 6.69. The Hall–Kier alpha value is -2.56. The average Bonchev–Trinajstić information content (AvgIpc) is 2.77. The van der Waals surface area contributed by atoms with Crippen molar-refractivity contribution in [1.82, 2.24) is 5.32 Å². The molecule has 0 spiro atoms. The van der Waals surface area contributed by atoms with Crippen LogP contribution in [0.15, 0.2) is 22.6 Å². The third-order valence-corrected chi connectivity index (χ3v) is 3.70. The summed E-state index contributed by atoms with van der Waals surface area (Å²) < 4.78 is 5.39. The van der Waals surface area contributed by atoms with E-state index >= 15 is 0 Å². The van der Waals surface area contributed by atoms with Crippen LogP contribution in [0.3, 0.4) is 0 Å². The molecule has 23 heavy (non-hydrogen) atoms. The lowest BCUT2D eigenvalue weighted by molar-refractivity contribution is -0.136. The van der Waals surface area contributed by atoms with Crippen LogP contribution in [0.25, 0.3) is 0 Å². The Kier molecular flexibility index (Phi) is 4.89. The van der Waals surface area contributed by atoms with Crippen LogP contribution in [0, 0.1) is 34.6 Å². The quantitative estimate of drug-likeness (QED) is 0.855. The molecule has 1 heterocycles. The fraction of sp³-hybridized carbons (Fsp3) is 0.333. The molecule has 2 rings (SSSR count). The molecule has 1 aromatic heterocycles. The zero-order chi connectivity index (χ0) is 17.1. The molecular weight excluding hydrogens is 292 g/mol. The van der Waals surface area contributed by atoms with Gasteiger partial charge in [-0.3, -0.25) is 9.59 Å². The second-order valence-corrected chi connectivity index (χ2v) is 5.85. The molecule has 0 bridgehead atoms. The van der Waals surface area contributed by atoms with Crippen molar-refractivity contribution in [3.8, 4) is 0 Å². The summed E-state index contributed by atoms with van der Waals surface area (Å²) in [7, 11) is 0. The van der Waals surface area contributed by atoms with Gasteiger partial charge in [0.15, 0.2) is 0 Å². The predicted octanol–water partition coefficient (Wildman–Crippen LogP) is 3.08. The monoisotopic (exact) mass is 314 g/mol. The molecular formula is C18H22N2O3. The van der Waals surface area contributed by atoms with Crippen molar-refractivity contribution in [3.05, 3.63) is 52.0 Å². The maximum atomic E-state index is 12.1. The highest BCUT2D eigenvalue weighted by molar-refractivity contribution is 6.39. The molecule has 0 saturated carbocycles. The maximum absolute atomic E-state index is 12.1. The molecule has 0 unspecified atom stereocenters. The number of aryl methyl sites for hydroxylation is 5. The lowest BCUT2D eigenvalue weighted by Gasteiger charge is -2.12. The molecule has 1 aromatic carbocycles. The van der Waals surface area contributed by atoms with Gasteiger partial charge >= 0.3 is 11.8 Å². The minimum absolute atomic E-state index is 0.265. The fourth-order valence-electron chi connectivity index (χ4n) is 2.66. The first-order chi connectivity index (χ1) is 10.8. The van der Waals surface area contributed by atoms with E-state index in [9.17, 15) is 9.59 Å². The van der Waals surface area contributed by atoms with Crippen molar-refractivity contribution in [2.45, 2.75) is 41.2 Å². The summed E-state index contributed by atoms with van der Waals surface area (Å²) in [5, 5.41) is 5.30. The van der Waals surface area contributed by atoms with Crippen molar-refractivity contribution >= 4 is 17.5 Å². The first-order valence-corrected chi connectivity index (χ1v) is 7.51. The largest absolute Gasteiger partial charge is 0.466 e. The lowest BCUT2D eigenvalue weighted by atomic mass is 10.1. The Bertz CT molecular complexity index is 737. The first kappa shape index (κ1) is 16.8. The topological polar surface area (TPSA) is 71.3 Å². The Morgan fingerprint density at radius 1 is 0.957 bits per heavy atom. The highest BCUT2D eigenvalue weighted by Crippen LogP contribution is 2.21. The summed E-state index contributed by atoms with van der Waals surface area (Å²) >= 11 is 0. The van der Waals surface area contributed by atoms with E-state index in [1.54, 1.807) is 0 Å². The Labute approximate surface area is 136 Å². The molecule has 0 atom stereocenters. The summed E-state index contributed by atoms with van der Waals surface area (Å²) in [6, 6.07) is 5.79. The molecule has 2 amide bonds. The second-order valence-electron chi connectivity index (χ2n) is 5.85. The van der Waals surface area contributed by atoms with Crippen molar-refractivity contribution < 1.29 is 14.0 Å². The molecule has 0 aliphatic carbocycles. The number of carbonyl (C=O) groups excluding carboxylic acids is 2. The van der Waals surface area contributed by atoms with Gasteiger partial charge in [-0.05, 0) is 51.8 Å². The van der Waals surface area contributed by atoms with Gasteiger partial charge < -0.3 is 15.1 Å². The third kappa shape index (κ3) is 4.00. The molecule has 0 aliphatic rings. The number of rotatable bonds is 3. The zero-order valence-corrected chi connectivity index (χ0v) is 14.2. The Morgan fingerprint density at radius 3 is 2.09 bits per heavy atom. The Balaban J connectivity index is 2.01. The van der Waals surface area contributed by atoms with Crippen LogP contribution in [0.2, 0.25) is 0 Å². The summed E-state index contributed by atoms with van der Waals surface area (Å²) in [5.41, 5.74) is 4.54. The zero-order valence-electron chi connectivity index (χ0n) is 14.2. The molecule has 0 radical (unpaired) electrons. The van der Waals surface area contributed by atoms with Crippen LogP contribution in [0.1, 0.15) is 33.8 Å². The highest BCUT2D eigenvalue weighted by atomic mass is 16.3. The van der Waals surface area contributed by atoms with Gasteiger partial charge in [0.25, 0.3) is 0 Å². The summed E-state index contributed by atoms with van der Waals surface area (Å²) in [6.07, 6.45) is 0. The molecule has 0 fully saturated rings. The van der Waals surface area contributed by atoms with Crippen LogP contribution in [0.4, 0.5) is 5.69 Å². The van der Waals surface area contributed by atoms with Gasteiger partial charge in [-0.25, -0.2) is 0 Å². The highest BCUT2D eigenvalue weighted by Gasteiger charge is 2.16. The molecule has 0 saturated heterocycles. The standard InChI is InChI=1S/C18H22N2O3/c1-10-6-11(2)16(12(3)7-10)20-18(22)17(21)19-9-15-8-13(4)23-14(15)5/h6-8H,9H2,1-5H3,(H,19,21)(H,20,22). The predicted molar refractivity (Wildman–Crippen MR) is 89.3 cm³/mol. The SMILES string of the molecule is Cc1cc(C)c(NC(=O)C(=O)NCc2cc(C)oc2C)c(C)c1. The summed E-state index contributed by atoms with van der Waals surface area (Å²) in [5.74, 6) is 0.191. The van der Waals surface area contributed by atoms with E-state index in [2.05, 4.69) is 10.6 Å². The average molecular weight is 314 g/mol. The first-order valence-electron chi connectivity index (χ1n) is 7.51. The summed E-state index contributed by atoms with van der Waals surface area (Å²) in [6.45, 7) is 9.74. The molecule has 0 aliphatic heterocycles. The van der Waals surface area contributed by atoms with Crippen LogP contribution in [-0.4, -0.2) is 11.8 Å². The van der Waals surface area contributed by atoms with Crippen LogP contribution >= 0.6 is 0 Å². The number of furan rings is 1. The van der Waals surface area contributed by atoms with Gasteiger partial charge in [0.05, 0.1) is 0 Å². The van der Waals surface area contributed by atoms with Gasteiger partial charge in [0, 0.05) is 17.8 Å². The van der Waals surface area contributed by atoms with Crippen LogP contribution in [0.5, 0.6) is 0 Å². The molecule has 2 N–H and O–H groups in total. The van der Waals surface area contributed by atoms with Crippen molar-refractivity contribution in [2.24, 2.45) is 0 Å². The summed E-state index contributed by atoms with van der Waals surface area (Å²) in [4.78, 5) is 24.0. The van der Waals surface area contributed by atoms with Crippen LogP contribution < -0.4 is 10.6 Å². The normalized spacial score (nSPS) is 10.5. The molecule has 5 heteroatoms. The van der Waals surface area contributed by atoms with Crippen molar-refractivity contribution in [3.63, 3.8) is 0 Å². The van der Waals surface area contributed by atoms with E-state index in [1.807, 2.05) is 52.8 Å². The van der Waals surface area contributed by atoms with Crippen molar-refractivity contribution in [2.75, 3.05) is 5.32 Å². The van der Waals surface area contributed by atoms with Crippen molar-refractivity contribution in [1.29, 1.82) is 0 Å². The van der Waals surface area contributed by atoms with E-state index in [-0.39, 0.29) is 6.54 Å². The smallest absolute Gasteiger partial charge is 0.313 e. The maximum Gasteiger partial charge on any atom is 0.313 e. The number of hydrogen-bond donors (Lipinski definition) is 2. The van der Waals surface area contributed by atoms with E-state index in [4.69, 9.17) is 4.42 Å². The number of amides is 2. The fourth-order valence-corrected chi connectivity index (χ4v) is 2.66. The molecule has 5 nitrogen and oxygen atoms in total. The Morgan fingerprint density at radius 2 is 1.57 bits per heavy atom. The van der Waals surface area contributed by atoms with Gasteiger partial charge in [0.2, 0.25) is 0 Å². The molecule has 122 valence electrons. The number of benzene rings is 1. The van der Waals surface area contributed by atoms with E-state index in [0.717, 1.165) is 33.8 Å². The molecule has 2 aromatic rings. The minimum Gasteiger partial charge on any atom is -0.466 e. The lowest BCUT2D eigenvalue weighted by Crippen LogP contribution is -2.35. The number of carbonyl (C=O) groups is 2. The minimum atomic E-state index is -0.669. The van der Waals surface area contributed by atoms with Gasteiger partial charge in [0.1, 0.15) is 11.5 Å². The van der Waals surface area contributed by atoms with E-state index in [0.29, 0.717) is 5.69 Å². The number of anilines is 1. The number of nitrogens with one attached hydrogen (secondary N) is 2. The number of hydrogen-bond acceptors (Lipinski definition) is 3. The van der Waals surface area contributed by atoms with E-state index in [1.165, 1.54) is 0 Å². The van der Waals surface area contributed by atoms with Gasteiger partial charge in [-0.15, -0.1) is 0 Å². The third-order valence-electron chi connectivity index (χ3n) is 3.70. The van der Waals surface area contributed by atoms with E-state index < -0.39 is 11.8 Å².